The Morgan fingerprint density at radius 3 is 2.67 bits per heavy atom. The van der Waals surface area contributed by atoms with Crippen LogP contribution in [0.1, 0.15) is 30.2 Å². The van der Waals surface area contributed by atoms with Gasteiger partial charge in [-0.05, 0) is 42.5 Å². The van der Waals surface area contributed by atoms with Crippen molar-refractivity contribution < 1.29 is 14.0 Å². The molecule has 0 saturated carbocycles. The number of carbonyl (C=O) groups excluding carboxylic acids is 2. The van der Waals surface area contributed by atoms with E-state index in [1.807, 2.05) is 60.9 Å². The van der Waals surface area contributed by atoms with Gasteiger partial charge < -0.3 is 9.32 Å². The zero-order valence-electron chi connectivity index (χ0n) is 16.6. The van der Waals surface area contributed by atoms with E-state index in [9.17, 15) is 9.59 Å². The van der Waals surface area contributed by atoms with Gasteiger partial charge in [0.1, 0.15) is 0 Å². The maximum Gasteiger partial charge on any atom is 0.322 e. The third-order valence-corrected chi connectivity index (χ3v) is 5.77. The molecule has 4 rings (SSSR count). The van der Waals surface area contributed by atoms with Crippen molar-refractivity contribution in [2.45, 2.75) is 30.1 Å². The van der Waals surface area contributed by atoms with Gasteiger partial charge >= 0.3 is 6.01 Å². The third kappa shape index (κ3) is 4.71. The number of anilines is 2. The van der Waals surface area contributed by atoms with E-state index in [-0.39, 0.29) is 23.7 Å². The molecule has 2 aromatic carbocycles. The van der Waals surface area contributed by atoms with E-state index >= 15 is 0 Å². The van der Waals surface area contributed by atoms with Crippen LogP contribution in [0.4, 0.5) is 11.7 Å². The molecule has 1 saturated heterocycles. The molecule has 8 heteroatoms. The summed E-state index contributed by atoms with van der Waals surface area (Å²) in [5.41, 5.74) is 1.95. The molecule has 2 amide bonds. The molecule has 7 nitrogen and oxygen atoms in total. The number of benzene rings is 2. The number of aromatic nitrogens is 2. The Kier molecular flexibility index (Phi) is 6.13. The van der Waals surface area contributed by atoms with E-state index in [4.69, 9.17) is 4.42 Å². The van der Waals surface area contributed by atoms with Crippen LogP contribution in [0.2, 0.25) is 0 Å². The lowest BCUT2D eigenvalue weighted by atomic mass is 10.1. The Morgan fingerprint density at radius 2 is 1.93 bits per heavy atom. The van der Waals surface area contributed by atoms with E-state index in [0.717, 1.165) is 16.1 Å². The number of hydrogen-bond acceptors (Lipinski definition) is 6. The first-order valence-electron chi connectivity index (χ1n) is 9.74. The van der Waals surface area contributed by atoms with Gasteiger partial charge in [0.2, 0.25) is 17.7 Å². The van der Waals surface area contributed by atoms with E-state index < -0.39 is 0 Å². The molecule has 154 valence electrons. The predicted octanol–water partition coefficient (Wildman–Crippen LogP) is 3.88. The van der Waals surface area contributed by atoms with Crippen molar-refractivity contribution in [3.8, 4) is 0 Å². The molecule has 3 aromatic rings. The number of carbonyl (C=O) groups is 2. The zero-order valence-corrected chi connectivity index (χ0v) is 17.4. The number of nitrogens with one attached hydrogen (secondary N) is 1. The molecule has 1 aliphatic rings. The Morgan fingerprint density at radius 1 is 1.17 bits per heavy atom. The van der Waals surface area contributed by atoms with E-state index in [2.05, 4.69) is 15.5 Å². The van der Waals surface area contributed by atoms with Gasteiger partial charge in [-0.1, -0.05) is 35.4 Å². The molecule has 30 heavy (non-hydrogen) atoms. The van der Waals surface area contributed by atoms with Crippen LogP contribution in [-0.2, 0) is 16.0 Å². The third-order valence-electron chi connectivity index (χ3n) is 5.03. The first kappa shape index (κ1) is 20.2. The van der Waals surface area contributed by atoms with Crippen LogP contribution in [0.3, 0.4) is 0 Å². The minimum absolute atomic E-state index is 0.0172. The SMILES string of the molecule is CSc1ccc(N2CC(c3nnc(NC(=O)CCc4ccccc4)o3)CC2=O)cc1. The van der Waals surface area contributed by atoms with Gasteiger partial charge in [0.25, 0.3) is 0 Å². The number of nitrogens with zero attached hydrogens (tertiary/aromatic N) is 3. The fraction of sp³-hybridized carbons (Fsp3) is 0.273. The molecular weight excluding hydrogens is 400 g/mol. The van der Waals surface area contributed by atoms with Gasteiger partial charge in [-0.15, -0.1) is 16.9 Å². The number of aryl methyl sites for hydroxylation is 1. The molecule has 1 N–H and O–H groups in total. The maximum absolute atomic E-state index is 12.5. The second kappa shape index (κ2) is 9.13. The summed E-state index contributed by atoms with van der Waals surface area (Å²) in [7, 11) is 0. The first-order chi connectivity index (χ1) is 14.6. The molecule has 0 radical (unpaired) electrons. The van der Waals surface area contributed by atoms with Crippen LogP contribution < -0.4 is 10.2 Å². The maximum atomic E-state index is 12.5. The van der Waals surface area contributed by atoms with Crippen LogP contribution in [0.15, 0.2) is 63.9 Å². The standard InChI is InChI=1S/C22H22N4O3S/c1-30-18-10-8-17(9-11-18)26-14-16(13-20(26)28)21-24-25-22(29-21)23-19(27)12-7-15-5-3-2-4-6-15/h2-6,8-11,16H,7,12-14H2,1H3,(H,23,25,27). The molecule has 1 unspecified atom stereocenters. The van der Waals surface area contributed by atoms with Crippen LogP contribution in [-0.4, -0.2) is 34.8 Å². The average molecular weight is 423 g/mol. The van der Waals surface area contributed by atoms with Gasteiger partial charge in [0.15, 0.2) is 0 Å². The minimum Gasteiger partial charge on any atom is -0.407 e. The number of thioether (sulfide) groups is 1. The van der Waals surface area contributed by atoms with Crippen LogP contribution in [0.25, 0.3) is 0 Å². The lowest BCUT2D eigenvalue weighted by Gasteiger charge is -2.16. The molecular formula is C22H22N4O3S. The zero-order chi connectivity index (χ0) is 20.9. The monoisotopic (exact) mass is 422 g/mol. The van der Waals surface area contributed by atoms with Crippen molar-refractivity contribution in [3.05, 3.63) is 66.1 Å². The Labute approximate surface area is 178 Å². The highest BCUT2D eigenvalue weighted by atomic mass is 32.2. The molecule has 0 bridgehead atoms. The highest BCUT2D eigenvalue weighted by molar-refractivity contribution is 7.98. The summed E-state index contributed by atoms with van der Waals surface area (Å²) in [6, 6.07) is 17.7. The summed E-state index contributed by atoms with van der Waals surface area (Å²) < 4.78 is 5.62. The van der Waals surface area contributed by atoms with Gasteiger partial charge in [-0.25, -0.2) is 0 Å². The van der Waals surface area contributed by atoms with Crippen molar-refractivity contribution in [1.29, 1.82) is 0 Å². The summed E-state index contributed by atoms with van der Waals surface area (Å²) >= 11 is 1.66. The summed E-state index contributed by atoms with van der Waals surface area (Å²) in [5, 5.41) is 10.6. The largest absolute Gasteiger partial charge is 0.407 e. The van der Waals surface area contributed by atoms with Crippen molar-refractivity contribution >= 4 is 35.3 Å². The molecule has 0 spiro atoms. The fourth-order valence-electron chi connectivity index (χ4n) is 3.42. The van der Waals surface area contributed by atoms with Gasteiger partial charge in [-0.3, -0.25) is 14.9 Å². The summed E-state index contributed by atoms with van der Waals surface area (Å²) in [6.45, 7) is 0.473. The van der Waals surface area contributed by atoms with Crippen LogP contribution >= 0.6 is 11.8 Å². The van der Waals surface area contributed by atoms with Gasteiger partial charge in [0, 0.05) is 30.0 Å². The first-order valence-corrected chi connectivity index (χ1v) is 11.0. The van der Waals surface area contributed by atoms with Crippen LogP contribution in [0.5, 0.6) is 0 Å². The molecule has 1 atom stereocenters. The molecule has 1 aliphatic heterocycles. The number of amides is 2. The van der Waals surface area contributed by atoms with E-state index in [1.165, 1.54) is 0 Å². The van der Waals surface area contributed by atoms with Crippen molar-refractivity contribution in [1.82, 2.24) is 10.2 Å². The van der Waals surface area contributed by atoms with E-state index in [0.29, 0.717) is 31.7 Å². The van der Waals surface area contributed by atoms with Crippen LogP contribution in [0, 0.1) is 0 Å². The minimum atomic E-state index is -0.194. The Bertz CT molecular complexity index is 1020. The molecule has 1 fully saturated rings. The summed E-state index contributed by atoms with van der Waals surface area (Å²) in [6.07, 6.45) is 3.27. The quantitative estimate of drug-likeness (QED) is 0.581. The normalized spacial score (nSPS) is 16.1. The molecule has 0 aliphatic carbocycles. The van der Waals surface area contributed by atoms with E-state index in [1.54, 1.807) is 16.7 Å². The average Bonchev–Trinajstić information content (AvgIpc) is 3.39. The Balaban J connectivity index is 1.34. The lowest BCUT2D eigenvalue weighted by Crippen LogP contribution is -2.24. The topological polar surface area (TPSA) is 88.3 Å². The smallest absolute Gasteiger partial charge is 0.322 e. The highest BCUT2D eigenvalue weighted by Crippen LogP contribution is 2.32. The van der Waals surface area contributed by atoms with Crippen molar-refractivity contribution in [3.63, 3.8) is 0 Å². The number of rotatable bonds is 7. The fourth-order valence-corrected chi connectivity index (χ4v) is 3.83. The Hall–Kier alpha value is -3.13. The second-order valence-electron chi connectivity index (χ2n) is 7.08. The number of hydrogen-bond donors (Lipinski definition) is 1. The summed E-state index contributed by atoms with van der Waals surface area (Å²) in [4.78, 5) is 27.5. The van der Waals surface area contributed by atoms with Crippen molar-refractivity contribution in [2.75, 3.05) is 23.0 Å². The van der Waals surface area contributed by atoms with Crippen molar-refractivity contribution in [2.24, 2.45) is 0 Å². The predicted molar refractivity (Wildman–Crippen MR) is 116 cm³/mol. The van der Waals surface area contributed by atoms with Gasteiger partial charge in [-0.2, -0.15) is 0 Å². The lowest BCUT2D eigenvalue weighted by molar-refractivity contribution is -0.117. The second-order valence-corrected chi connectivity index (χ2v) is 7.96. The highest BCUT2D eigenvalue weighted by Gasteiger charge is 2.35. The van der Waals surface area contributed by atoms with Gasteiger partial charge in [0.05, 0.1) is 5.92 Å². The molecule has 1 aromatic heterocycles. The summed E-state index contributed by atoms with van der Waals surface area (Å²) in [5.74, 6) is 0.000695. The molecule has 2 heterocycles.